The van der Waals surface area contributed by atoms with Crippen LogP contribution in [-0.4, -0.2) is 13.0 Å². The van der Waals surface area contributed by atoms with Crippen LogP contribution >= 0.6 is 11.6 Å². The lowest BCUT2D eigenvalue weighted by Crippen LogP contribution is -2.13. The first kappa shape index (κ1) is 21.5. The van der Waals surface area contributed by atoms with Crippen molar-refractivity contribution in [3.63, 3.8) is 0 Å². The smallest absolute Gasteiger partial charge is 0.416 e. The second-order valence-corrected chi connectivity index (χ2v) is 6.74. The molecule has 0 aliphatic rings. The first-order chi connectivity index (χ1) is 14.3. The number of nitrogens with one attached hydrogen (secondary N) is 1. The summed E-state index contributed by atoms with van der Waals surface area (Å²) in [6.07, 6.45) is -4.43. The molecule has 1 amide bonds. The third kappa shape index (κ3) is 5.45. The zero-order valence-electron chi connectivity index (χ0n) is 15.8. The largest absolute Gasteiger partial charge is 0.496 e. The number of hydrogen-bond acceptors (Lipinski definition) is 3. The highest BCUT2D eigenvalue weighted by molar-refractivity contribution is 6.30. The molecule has 3 rings (SSSR count). The van der Waals surface area contributed by atoms with Crippen LogP contribution < -0.4 is 14.8 Å². The van der Waals surface area contributed by atoms with Gasteiger partial charge >= 0.3 is 6.18 Å². The number of carbonyl (C=O) groups is 1. The lowest BCUT2D eigenvalue weighted by molar-refractivity contribution is -0.137. The van der Waals surface area contributed by atoms with Gasteiger partial charge in [0.05, 0.1) is 12.7 Å². The van der Waals surface area contributed by atoms with Crippen LogP contribution in [0.2, 0.25) is 5.02 Å². The molecule has 3 aromatic rings. The van der Waals surface area contributed by atoms with Gasteiger partial charge in [-0.2, -0.15) is 13.2 Å². The fourth-order valence-corrected chi connectivity index (χ4v) is 2.88. The quantitative estimate of drug-likeness (QED) is 0.501. The summed E-state index contributed by atoms with van der Waals surface area (Å²) in [6, 6.07) is 15.9. The number of anilines is 1. The molecule has 30 heavy (non-hydrogen) atoms. The maximum absolute atomic E-state index is 12.7. The summed E-state index contributed by atoms with van der Waals surface area (Å²) in [6.45, 7) is 0.130. The lowest BCUT2D eigenvalue weighted by atomic mass is 10.1. The Hall–Kier alpha value is -3.19. The Bertz CT molecular complexity index is 1040. The fraction of sp³-hybridized carbons (Fsp3) is 0.136. The lowest BCUT2D eigenvalue weighted by Gasteiger charge is -2.13. The van der Waals surface area contributed by atoms with E-state index in [9.17, 15) is 18.0 Å². The number of ether oxygens (including phenoxy) is 2. The van der Waals surface area contributed by atoms with Gasteiger partial charge in [-0.25, -0.2) is 0 Å². The zero-order chi connectivity index (χ0) is 21.7. The Balaban J connectivity index is 1.73. The molecule has 0 aliphatic carbocycles. The van der Waals surface area contributed by atoms with E-state index < -0.39 is 17.6 Å². The zero-order valence-corrected chi connectivity index (χ0v) is 16.6. The van der Waals surface area contributed by atoms with Crippen LogP contribution in [0.15, 0.2) is 66.7 Å². The summed E-state index contributed by atoms with van der Waals surface area (Å²) < 4.78 is 49.0. The van der Waals surface area contributed by atoms with Gasteiger partial charge in [-0.05, 0) is 60.7 Å². The maximum Gasteiger partial charge on any atom is 0.416 e. The molecule has 0 saturated heterocycles. The van der Waals surface area contributed by atoms with E-state index in [0.29, 0.717) is 27.6 Å². The third-order valence-corrected chi connectivity index (χ3v) is 4.44. The minimum atomic E-state index is -4.43. The average Bonchev–Trinajstić information content (AvgIpc) is 2.72. The van der Waals surface area contributed by atoms with Gasteiger partial charge in [0.1, 0.15) is 18.1 Å². The topological polar surface area (TPSA) is 47.6 Å². The van der Waals surface area contributed by atoms with E-state index in [0.717, 1.165) is 12.1 Å². The van der Waals surface area contributed by atoms with Gasteiger partial charge in [0.2, 0.25) is 0 Å². The third-order valence-electron chi connectivity index (χ3n) is 4.20. The van der Waals surface area contributed by atoms with Crippen molar-refractivity contribution in [2.45, 2.75) is 12.8 Å². The van der Waals surface area contributed by atoms with Crippen molar-refractivity contribution in [3.05, 3.63) is 88.4 Å². The summed E-state index contributed by atoms with van der Waals surface area (Å²) >= 11 is 5.94. The number of amides is 1. The molecule has 4 nitrogen and oxygen atoms in total. The van der Waals surface area contributed by atoms with E-state index in [1.54, 1.807) is 42.5 Å². The van der Waals surface area contributed by atoms with Gasteiger partial charge in [-0.3, -0.25) is 4.79 Å². The van der Waals surface area contributed by atoms with Gasteiger partial charge in [0.15, 0.2) is 0 Å². The van der Waals surface area contributed by atoms with E-state index >= 15 is 0 Å². The van der Waals surface area contributed by atoms with Crippen LogP contribution in [0, 0.1) is 0 Å². The predicted molar refractivity (Wildman–Crippen MR) is 108 cm³/mol. The Morgan fingerprint density at radius 2 is 1.77 bits per heavy atom. The van der Waals surface area contributed by atoms with Gasteiger partial charge in [-0.1, -0.05) is 17.7 Å². The molecule has 0 unspecified atom stereocenters. The van der Waals surface area contributed by atoms with Crippen molar-refractivity contribution < 1.29 is 27.4 Å². The molecule has 156 valence electrons. The van der Waals surface area contributed by atoms with Crippen molar-refractivity contribution >= 4 is 23.2 Å². The summed E-state index contributed by atoms with van der Waals surface area (Å²) in [7, 11) is 1.50. The van der Waals surface area contributed by atoms with Crippen LogP contribution in [0.4, 0.5) is 18.9 Å². The molecule has 0 bridgehead atoms. The molecular formula is C22H17ClF3NO3. The molecule has 1 N–H and O–H groups in total. The number of halogens is 4. The Morgan fingerprint density at radius 1 is 1.03 bits per heavy atom. The normalized spacial score (nSPS) is 11.1. The van der Waals surface area contributed by atoms with E-state index in [4.69, 9.17) is 21.1 Å². The average molecular weight is 436 g/mol. The molecule has 0 aliphatic heterocycles. The second-order valence-electron chi connectivity index (χ2n) is 6.30. The molecule has 0 atom stereocenters. The number of carbonyl (C=O) groups excluding carboxylic acids is 1. The Labute approximate surface area is 176 Å². The van der Waals surface area contributed by atoms with E-state index in [1.807, 2.05) is 0 Å². The van der Waals surface area contributed by atoms with Gasteiger partial charge < -0.3 is 14.8 Å². The Morgan fingerprint density at radius 3 is 2.40 bits per heavy atom. The number of benzene rings is 3. The Kier molecular flexibility index (Phi) is 6.52. The molecule has 0 radical (unpaired) electrons. The standard InChI is InChI=1S/C22H17ClF3NO3/c1-29-20-10-5-14(11-15(20)13-30-19-4-2-3-17(23)12-19)21(28)27-18-8-6-16(7-9-18)22(24,25)26/h2-12H,13H2,1H3,(H,27,28). The first-order valence-corrected chi connectivity index (χ1v) is 9.18. The molecule has 0 saturated carbocycles. The number of rotatable bonds is 6. The van der Waals surface area contributed by atoms with Crippen LogP contribution in [0.1, 0.15) is 21.5 Å². The van der Waals surface area contributed by atoms with Crippen LogP contribution in [0.25, 0.3) is 0 Å². The summed E-state index contributed by atoms with van der Waals surface area (Å²) in [5, 5.41) is 3.11. The number of alkyl halides is 3. The van der Waals surface area contributed by atoms with Crippen molar-refractivity contribution in [2.24, 2.45) is 0 Å². The van der Waals surface area contributed by atoms with Crippen molar-refractivity contribution in [1.29, 1.82) is 0 Å². The van der Waals surface area contributed by atoms with E-state index in [2.05, 4.69) is 5.32 Å². The number of methoxy groups -OCH3 is 1. The highest BCUT2D eigenvalue weighted by Gasteiger charge is 2.30. The summed E-state index contributed by atoms with van der Waals surface area (Å²) in [5.74, 6) is 0.619. The molecule has 0 aromatic heterocycles. The minimum absolute atomic E-state index is 0.130. The minimum Gasteiger partial charge on any atom is -0.496 e. The molecule has 8 heteroatoms. The van der Waals surface area contributed by atoms with E-state index in [-0.39, 0.29) is 12.3 Å². The van der Waals surface area contributed by atoms with Gasteiger partial charge in [0.25, 0.3) is 5.91 Å². The van der Waals surface area contributed by atoms with Crippen molar-refractivity contribution in [1.82, 2.24) is 0 Å². The van der Waals surface area contributed by atoms with E-state index in [1.165, 1.54) is 19.2 Å². The highest BCUT2D eigenvalue weighted by atomic mass is 35.5. The highest BCUT2D eigenvalue weighted by Crippen LogP contribution is 2.30. The molecular weight excluding hydrogens is 419 g/mol. The predicted octanol–water partition coefficient (Wildman–Crippen LogP) is 6.20. The molecule has 0 heterocycles. The van der Waals surface area contributed by atoms with Crippen LogP contribution in [0.3, 0.4) is 0 Å². The van der Waals surface area contributed by atoms with Crippen molar-refractivity contribution in [2.75, 3.05) is 12.4 Å². The molecule has 3 aromatic carbocycles. The monoisotopic (exact) mass is 435 g/mol. The van der Waals surface area contributed by atoms with Crippen molar-refractivity contribution in [3.8, 4) is 11.5 Å². The molecule has 0 fully saturated rings. The first-order valence-electron chi connectivity index (χ1n) is 8.80. The number of hydrogen-bond donors (Lipinski definition) is 1. The fourth-order valence-electron chi connectivity index (χ4n) is 2.70. The maximum atomic E-state index is 12.7. The molecule has 0 spiro atoms. The summed E-state index contributed by atoms with van der Waals surface area (Å²) in [5.41, 5.74) is 0.392. The summed E-state index contributed by atoms with van der Waals surface area (Å²) in [4.78, 5) is 12.5. The second kappa shape index (κ2) is 9.09. The van der Waals surface area contributed by atoms with Crippen LogP contribution in [0.5, 0.6) is 11.5 Å². The van der Waals surface area contributed by atoms with Crippen LogP contribution in [-0.2, 0) is 12.8 Å². The SMILES string of the molecule is COc1ccc(C(=O)Nc2ccc(C(F)(F)F)cc2)cc1COc1cccc(Cl)c1. The van der Waals surface area contributed by atoms with Gasteiger partial charge in [0, 0.05) is 21.8 Å². The van der Waals surface area contributed by atoms with Gasteiger partial charge in [-0.15, -0.1) is 0 Å².